The van der Waals surface area contributed by atoms with E-state index in [2.05, 4.69) is 5.32 Å². The number of hydrogen-bond donors (Lipinski definition) is 1. The minimum absolute atomic E-state index is 0.00667. The van der Waals surface area contributed by atoms with Crippen LogP contribution in [-0.4, -0.2) is 17.0 Å². The van der Waals surface area contributed by atoms with Crippen molar-refractivity contribution in [2.45, 2.75) is 25.6 Å². The monoisotopic (exact) mass is 350 g/mol. The topological polar surface area (TPSA) is 51.1 Å². The largest absolute Gasteiger partial charge is 0.417 e. The van der Waals surface area contributed by atoms with Crippen LogP contribution in [0.4, 0.5) is 13.2 Å². The van der Waals surface area contributed by atoms with Gasteiger partial charge in [-0.3, -0.25) is 9.59 Å². The second kappa shape index (κ2) is 6.74. The standard InChI is InChI=1S/C18H17F3N2O2/c19-18(20,21)15-7-8-16(24)23(11-15)10-13-3-5-14(6-4-13)17(25)22-9-12-1-2-12/h3-8,11-12H,1-2,9-10H2,(H,22,25). The molecule has 1 saturated carbocycles. The Morgan fingerprint density at radius 1 is 1.12 bits per heavy atom. The van der Waals surface area contributed by atoms with E-state index in [1.807, 2.05) is 0 Å². The molecule has 1 aliphatic carbocycles. The van der Waals surface area contributed by atoms with Crippen molar-refractivity contribution in [2.24, 2.45) is 5.92 Å². The maximum Gasteiger partial charge on any atom is 0.417 e. The molecule has 0 bridgehead atoms. The van der Waals surface area contributed by atoms with Crippen LogP contribution < -0.4 is 10.9 Å². The van der Waals surface area contributed by atoms with Gasteiger partial charge >= 0.3 is 6.18 Å². The molecule has 2 aromatic rings. The van der Waals surface area contributed by atoms with Gasteiger partial charge in [-0.15, -0.1) is 0 Å². The first-order valence-electron chi connectivity index (χ1n) is 7.98. The maximum absolute atomic E-state index is 12.8. The van der Waals surface area contributed by atoms with Gasteiger partial charge in [0, 0.05) is 24.4 Å². The van der Waals surface area contributed by atoms with Crippen LogP contribution in [0.3, 0.4) is 0 Å². The van der Waals surface area contributed by atoms with Crippen LogP contribution in [0.5, 0.6) is 0 Å². The Hall–Kier alpha value is -2.57. The van der Waals surface area contributed by atoms with Gasteiger partial charge < -0.3 is 9.88 Å². The Balaban J connectivity index is 1.70. The van der Waals surface area contributed by atoms with Crippen molar-refractivity contribution in [3.05, 3.63) is 69.6 Å². The molecule has 4 nitrogen and oxygen atoms in total. The first-order valence-corrected chi connectivity index (χ1v) is 7.98. The Morgan fingerprint density at radius 3 is 2.40 bits per heavy atom. The first-order chi connectivity index (χ1) is 11.8. The van der Waals surface area contributed by atoms with Gasteiger partial charge in [-0.1, -0.05) is 12.1 Å². The summed E-state index contributed by atoms with van der Waals surface area (Å²) < 4.78 is 39.3. The van der Waals surface area contributed by atoms with Crippen molar-refractivity contribution >= 4 is 5.91 Å². The summed E-state index contributed by atoms with van der Waals surface area (Å²) in [4.78, 5) is 23.7. The Kier molecular flexibility index (Phi) is 4.65. The van der Waals surface area contributed by atoms with E-state index in [9.17, 15) is 22.8 Å². The fraction of sp³-hybridized carbons (Fsp3) is 0.333. The minimum Gasteiger partial charge on any atom is -0.352 e. The zero-order chi connectivity index (χ0) is 18.0. The Morgan fingerprint density at radius 2 is 1.80 bits per heavy atom. The number of aromatic nitrogens is 1. The number of halogens is 3. The molecule has 1 aromatic heterocycles. The van der Waals surface area contributed by atoms with E-state index in [4.69, 9.17) is 0 Å². The van der Waals surface area contributed by atoms with Gasteiger partial charge in [0.05, 0.1) is 12.1 Å². The summed E-state index contributed by atoms with van der Waals surface area (Å²) in [5.41, 5.74) is -0.261. The van der Waals surface area contributed by atoms with E-state index in [0.29, 0.717) is 23.6 Å². The van der Waals surface area contributed by atoms with Crippen LogP contribution in [-0.2, 0) is 12.7 Å². The molecule has 0 atom stereocenters. The van der Waals surface area contributed by atoms with E-state index in [1.165, 1.54) is 0 Å². The number of carbonyl (C=O) groups excluding carboxylic acids is 1. The molecule has 0 spiro atoms. The number of pyridine rings is 1. The van der Waals surface area contributed by atoms with Gasteiger partial charge in [-0.25, -0.2) is 0 Å². The molecule has 1 fully saturated rings. The molecule has 1 aromatic carbocycles. The number of nitrogens with zero attached hydrogens (tertiary/aromatic N) is 1. The van der Waals surface area contributed by atoms with Gasteiger partial charge in [-0.2, -0.15) is 13.2 Å². The zero-order valence-electron chi connectivity index (χ0n) is 13.3. The maximum atomic E-state index is 12.8. The van der Waals surface area contributed by atoms with Crippen LogP contribution in [0.2, 0.25) is 0 Å². The highest BCUT2D eigenvalue weighted by Gasteiger charge is 2.31. The van der Waals surface area contributed by atoms with Gasteiger partial charge in [0.1, 0.15) is 0 Å². The SMILES string of the molecule is O=C(NCC1CC1)c1ccc(Cn2cc(C(F)(F)F)ccc2=O)cc1. The lowest BCUT2D eigenvalue weighted by Gasteiger charge is -2.11. The van der Waals surface area contributed by atoms with Crippen LogP contribution in [0.15, 0.2) is 47.4 Å². The molecule has 0 unspecified atom stereocenters. The molecule has 0 radical (unpaired) electrons. The van der Waals surface area contributed by atoms with Crippen molar-refractivity contribution in [3.63, 3.8) is 0 Å². The number of rotatable bonds is 5. The van der Waals surface area contributed by atoms with Crippen LogP contribution in [0, 0.1) is 5.92 Å². The quantitative estimate of drug-likeness (QED) is 0.901. The molecule has 1 heterocycles. The number of benzene rings is 1. The summed E-state index contributed by atoms with van der Waals surface area (Å²) in [6.45, 7) is 0.674. The molecule has 132 valence electrons. The van der Waals surface area contributed by atoms with E-state index >= 15 is 0 Å². The molecular weight excluding hydrogens is 333 g/mol. The second-order valence-corrected chi connectivity index (χ2v) is 6.23. The van der Waals surface area contributed by atoms with Gasteiger partial charge in [0.2, 0.25) is 0 Å². The van der Waals surface area contributed by atoms with Crippen molar-refractivity contribution in [2.75, 3.05) is 6.54 Å². The molecule has 0 saturated heterocycles. The summed E-state index contributed by atoms with van der Waals surface area (Å²) >= 11 is 0. The third-order valence-corrected chi connectivity index (χ3v) is 4.13. The van der Waals surface area contributed by atoms with Gasteiger partial charge in [-0.05, 0) is 42.5 Å². The van der Waals surface area contributed by atoms with Crippen LogP contribution >= 0.6 is 0 Å². The highest BCUT2D eigenvalue weighted by atomic mass is 19.4. The predicted octanol–water partition coefficient (Wildman–Crippen LogP) is 3.06. The molecule has 0 aliphatic heterocycles. The van der Waals surface area contributed by atoms with E-state index in [1.54, 1.807) is 24.3 Å². The zero-order valence-corrected chi connectivity index (χ0v) is 13.3. The third-order valence-electron chi connectivity index (χ3n) is 4.13. The summed E-state index contributed by atoms with van der Waals surface area (Å²) in [6, 6.07) is 8.17. The summed E-state index contributed by atoms with van der Waals surface area (Å²) in [6.07, 6.45) is -1.41. The molecule has 7 heteroatoms. The fourth-order valence-electron chi connectivity index (χ4n) is 2.44. The average Bonchev–Trinajstić information content (AvgIpc) is 3.38. The lowest BCUT2D eigenvalue weighted by Crippen LogP contribution is -2.25. The predicted molar refractivity (Wildman–Crippen MR) is 86.3 cm³/mol. The Bertz CT molecular complexity index is 821. The number of alkyl halides is 3. The van der Waals surface area contributed by atoms with Crippen molar-refractivity contribution in [1.82, 2.24) is 9.88 Å². The number of carbonyl (C=O) groups is 1. The smallest absolute Gasteiger partial charge is 0.352 e. The second-order valence-electron chi connectivity index (χ2n) is 6.23. The Labute approximate surface area is 142 Å². The van der Waals surface area contributed by atoms with E-state index in [-0.39, 0.29) is 12.5 Å². The molecule has 1 aliphatic rings. The van der Waals surface area contributed by atoms with Gasteiger partial charge in [0.25, 0.3) is 11.5 Å². The molecule has 3 rings (SSSR count). The lowest BCUT2D eigenvalue weighted by molar-refractivity contribution is -0.138. The van der Waals surface area contributed by atoms with Crippen molar-refractivity contribution < 1.29 is 18.0 Å². The lowest BCUT2D eigenvalue weighted by atomic mass is 10.1. The van der Waals surface area contributed by atoms with Crippen LogP contribution in [0.1, 0.15) is 34.3 Å². The van der Waals surface area contributed by atoms with Crippen molar-refractivity contribution in [3.8, 4) is 0 Å². The molecule has 1 N–H and O–H groups in total. The molecule has 1 amide bonds. The minimum atomic E-state index is -4.50. The summed E-state index contributed by atoms with van der Waals surface area (Å²) in [7, 11) is 0. The van der Waals surface area contributed by atoms with Crippen molar-refractivity contribution in [1.29, 1.82) is 0 Å². The fourth-order valence-corrected chi connectivity index (χ4v) is 2.44. The average molecular weight is 350 g/mol. The summed E-state index contributed by atoms with van der Waals surface area (Å²) in [5.74, 6) is 0.408. The summed E-state index contributed by atoms with van der Waals surface area (Å²) in [5, 5.41) is 2.84. The first kappa shape index (κ1) is 17.3. The van der Waals surface area contributed by atoms with E-state index in [0.717, 1.165) is 35.7 Å². The highest BCUT2D eigenvalue weighted by molar-refractivity contribution is 5.94. The van der Waals surface area contributed by atoms with Gasteiger partial charge in [0.15, 0.2) is 0 Å². The number of hydrogen-bond acceptors (Lipinski definition) is 2. The third kappa shape index (κ3) is 4.49. The van der Waals surface area contributed by atoms with E-state index < -0.39 is 17.3 Å². The number of nitrogens with one attached hydrogen (secondary N) is 1. The number of amides is 1. The molecular formula is C18H17F3N2O2. The normalized spacial score (nSPS) is 14.4. The van der Waals surface area contributed by atoms with Crippen LogP contribution in [0.25, 0.3) is 0 Å². The molecule has 25 heavy (non-hydrogen) atoms. The highest BCUT2D eigenvalue weighted by Crippen LogP contribution is 2.28.